The number of thioether (sulfide) groups is 1. The van der Waals surface area contributed by atoms with E-state index in [0.29, 0.717) is 36.3 Å². The Kier molecular flexibility index (Phi) is 6.61. The van der Waals surface area contributed by atoms with Crippen molar-refractivity contribution in [1.82, 2.24) is 5.01 Å². The maximum atomic E-state index is 12.7. The largest absolute Gasteiger partial charge is 0.493 e. The van der Waals surface area contributed by atoms with Crippen molar-refractivity contribution < 1.29 is 14.3 Å². The Bertz CT molecular complexity index is 988. The molecule has 5 nitrogen and oxygen atoms in total. The number of hydrazone groups is 1. The highest BCUT2D eigenvalue weighted by Crippen LogP contribution is 2.35. The highest BCUT2D eigenvalue weighted by molar-refractivity contribution is 8.26. The van der Waals surface area contributed by atoms with Gasteiger partial charge < -0.3 is 9.47 Å². The second-order valence-electron chi connectivity index (χ2n) is 5.49. The maximum Gasteiger partial charge on any atom is 0.286 e. The van der Waals surface area contributed by atoms with Crippen molar-refractivity contribution >= 4 is 69.7 Å². The van der Waals surface area contributed by atoms with Gasteiger partial charge in [0.25, 0.3) is 5.91 Å². The Hall–Kier alpha value is -2.06. The van der Waals surface area contributed by atoms with Crippen LogP contribution < -0.4 is 9.47 Å². The topological polar surface area (TPSA) is 51.1 Å². The van der Waals surface area contributed by atoms with Crippen molar-refractivity contribution in [2.75, 3.05) is 14.2 Å². The summed E-state index contributed by atoms with van der Waals surface area (Å²) in [6.07, 6.45) is 3.15. The highest BCUT2D eigenvalue weighted by atomic mass is 35.5. The summed E-state index contributed by atoms with van der Waals surface area (Å²) in [5.41, 5.74) is 1.29. The van der Waals surface area contributed by atoms with Crippen LogP contribution in [0.2, 0.25) is 10.0 Å². The Labute approximate surface area is 181 Å². The van der Waals surface area contributed by atoms with Gasteiger partial charge in [0.2, 0.25) is 0 Å². The van der Waals surface area contributed by atoms with Crippen LogP contribution in [0.4, 0.5) is 0 Å². The van der Waals surface area contributed by atoms with Gasteiger partial charge in [-0.05, 0) is 48.1 Å². The molecule has 0 spiro atoms. The monoisotopic (exact) mass is 452 g/mol. The number of hydrogen-bond donors (Lipinski definition) is 0. The van der Waals surface area contributed by atoms with E-state index in [1.165, 1.54) is 6.21 Å². The smallest absolute Gasteiger partial charge is 0.286 e. The Morgan fingerprint density at radius 3 is 2.43 bits per heavy atom. The van der Waals surface area contributed by atoms with E-state index >= 15 is 0 Å². The standard InChI is InChI=1S/C19H14Cl2N2O3S2/c1-25-15-7-6-11(8-16(15)26-2)9-17-18(24)23(19(27)28-17)22-10-12-13(20)4-3-5-14(12)21/h3-10H,1-2H3/b17-9+,22-10+. The number of carbonyl (C=O) groups is 1. The van der Waals surface area contributed by atoms with E-state index in [1.54, 1.807) is 50.6 Å². The minimum absolute atomic E-state index is 0.316. The molecule has 2 aromatic carbocycles. The maximum absolute atomic E-state index is 12.7. The molecule has 9 heteroatoms. The summed E-state index contributed by atoms with van der Waals surface area (Å²) < 4.78 is 10.8. The minimum Gasteiger partial charge on any atom is -0.493 e. The molecule has 0 N–H and O–H groups in total. The molecule has 0 atom stereocenters. The second kappa shape index (κ2) is 8.96. The Balaban J connectivity index is 1.86. The van der Waals surface area contributed by atoms with E-state index in [2.05, 4.69) is 5.10 Å². The molecular weight excluding hydrogens is 439 g/mol. The van der Waals surface area contributed by atoms with Gasteiger partial charge in [-0.25, -0.2) is 0 Å². The van der Waals surface area contributed by atoms with E-state index < -0.39 is 0 Å². The number of hydrogen-bond acceptors (Lipinski definition) is 6. The van der Waals surface area contributed by atoms with E-state index in [1.807, 2.05) is 6.07 Å². The van der Waals surface area contributed by atoms with E-state index in [9.17, 15) is 4.79 Å². The fraction of sp³-hybridized carbons (Fsp3) is 0.105. The van der Waals surface area contributed by atoms with E-state index in [4.69, 9.17) is 44.9 Å². The van der Waals surface area contributed by atoms with Crippen LogP contribution >= 0.6 is 47.2 Å². The van der Waals surface area contributed by atoms with Crippen LogP contribution in [0.5, 0.6) is 11.5 Å². The fourth-order valence-electron chi connectivity index (χ4n) is 2.40. The fourth-order valence-corrected chi connectivity index (χ4v) is 4.07. The minimum atomic E-state index is -0.329. The molecule has 1 aliphatic rings. The van der Waals surface area contributed by atoms with Gasteiger partial charge in [0.15, 0.2) is 15.8 Å². The van der Waals surface area contributed by atoms with Gasteiger partial charge in [-0.15, -0.1) is 0 Å². The van der Waals surface area contributed by atoms with Gasteiger partial charge in [-0.1, -0.05) is 47.1 Å². The molecule has 1 fully saturated rings. The number of amides is 1. The summed E-state index contributed by atoms with van der Waals surface area (Å²) in [5.74, 6) is 0.843. The molecule has 1 aliphatic heterocycles. The predicted octanol–water partition coefficient (Wildman–Crippen LogP) is 5.25. The first-order valence-electron chi connectivity index (χ1n) is 7.92. The zero-order chi connectivity index (χ0) is 20.3. The summed E-state index contributed by atoms with van der Waals surface area (Å²) in [5, 5.41) is 6.18. The quantitative estimate of drug-likeness (QED) is 0.352. The van der Waals surface area contributed by atoms with Crippen molar-refractivity contribution in [1.29, 1.82) is 0 Å². The zero-order valence-corrected chi connectivity index (χ0v) is 18.0. The van der Waals surface area contributed by atoms with Crippen molar-refractivity contribution in [3.63, 3.8) is 0 Å². The van der Waals surface area contributed by atoms with Crippen LogP contribution in [0.25, 0.3) is 6.08 Å². The Morgan fingerprint density at radius 2 is 1.79 bits per heavy atom. The van der Waals surface area contributed by atoms with Gasteiger partial charge in [0.05, 0.1) is 35.4 Å². The number of rotatable bonds is 5. The number of ether oxygens (including phenoxy) is 2. The van der Waals surface area contributed by atoms with Gasteiger partial charge in [-0.3, -0.25) is 4.79 Å². The van der Waals surface area contributed by atoms with Crippen molar-refractivity contribution in [3.8, 4) is 11.5 Å². The molecule has 0 bridgehead atoms. The number of benzene rings is 2. The second-order valence-corrected chi connectivity index (χ2v) is 7.98. The van der Waals surface area contributed by atoms with Gasteiger partial charge in [-0.2, -0.15) is 10.1 Å². The number of thiocarbonyl (C=S) groups is 1. The number of nitrogens with zero attached hydrogens (tertiary/aromatic N) is 2. The molecule has 0 aliphatic carbocycles. The molecule has 0 aromatic heterocycles. The zero-order valence-electron chi connectivity index (χ0n) is 14.8. The molecule has 2 aromatic rings. The molecule has 0 radical (unpaired) electrons. The molecule has 3 rings (SSSR count). The molecular formula is C19H14Cl2N2O3S2. The summed E-state index contributed by atoms with van der Waals surface area (Å²) >= 11 is 18.7. The molecule has 28 heavy (non-hydrogen) atoms. The molecule has 1 heterocycles. The first-order valence-corrected chi connectivity index (χ1v) is 9.90. The third kappa shape index (κ3) is 4.33. The number of methoxy groups -OCH3 is 2. The van der Waals surface area contributed by atoms with Crippen molar-refractivity contribution in [2.24, 2.45) is 5.10 Å². The van der Waals surface area contributed by atoms with E-state index in [-0.39, 0.29) is 5.91 Å². The van der Waals surface area contributed by atoms with Crippen LogP contribution in [0.15, 0.2) is 46.4 Å². The third-order valence-corrected chi connectivity index (χ3v) is 5.72. The molecule has 0 unspecified atom stereocenters. The lowest BCUT2D eigenvalue weighted by molar-refractivity contribution is -0.122. The highest BCUT2D eigenvalue weighted by Gasteiger charge is 2.32. The molecule has 1 amide bonds. The normalized spacial score (nSPS) is 15.7. The molecule has 0 saturated carbocycles. The Morgan fingerprint density at radius 1 is 1.11 bits per heavy atom. The SMILES string of the molecule is COc1ccc(/C=C2/SC(=S)N(/N=C/c3c(Cl)cccc3Cl)C2=O)cc1OC. The molecule has 1 saturated heterocycles. The lowest BCUT2D eigenvalue weighted by atomic mass is 10.2. The average molecular weight is 453 g/mol. The van der Waals surface area contributed by atoms with Crippen LogP contribution in [0.3, 0.4) is 0 Å². The lowest BCUT2D eigenvalue weighted by Crippen LogP contribution is -2.22. The van der Waals surface area contributed by atoms with Gasteiger partial charge in [0.1, 0.15) is 0 Å². The van der Waals surface area contributed by atoms with Crippen molar-refractivity contribution in [3.05, 3.63) is 62.5 Å². The van der Waals surface area contributed by atoms with Crippen LogP contribution in [0, 0.1) is 0 Å². The third-order valence-electron chi connectivity index (χ3n) is 3.78. The first-order chi connectivity index (χ1) is 13.4. The first kappa shape index (κ1) is 20.7. The summed E-state index contributed by atoms with van der Waals surface area (Å²) in [7, 11) is 3.11. The predicted molar refractivity (Wildman–Crippen MR) is 119 cm³/mol. The molecule has 144 valence electrons. The summed E-state index contributed by atoms with van der Waals surface area (Å²) in [6.45, 7) is 0. The van der Waals surface area contributed by atoms with Gasteiger partial charge >= 0.3 is 0 Å². The van der Waals surface area contributed by atoms with E-state index in [0.717, 1.165) is 22.3 Å². The summed E-state index contributed by atoms with van der Waals surface area (Å²) in [4.78, 5) is 13.1. The van der Waals surface area contributed by atoms with Crippen LogP contribution in [-0.2, 0) is 4.79 Å². The van der Waals surface area contributed by atoms with Crippen LogP contribution in [-0.4, -0.2) is 35.7 Å². The lowest BCUT2D eigenvalue weighted by Gasteiger charge is -2.08. The number of carbonyl (C=O) groups excluding carboxylic acids is 1. The number of halogens is 2. The average Bonchev–Trinajstić information content (AvgIpc) is 2.94. The summed E-state index contributed by atoms with van der Waals surface area (Å²) in [6, 6.07) is 10.5. The van der Waals surface area contributed by atoms with Gasteiger partial charge in [0, 0.05) is 5.56 Å². The van der Waals surface area contributed by atoms with Crippen LogP contribution in [0.1, 0.15) is 11.1 Å². The van der Waals surface area contributed by atoms with Crippen molar-refractivity contribution in [2.45, 2.75) is 0 Å².